The van der Waals surface area contributed by atoms with Gasteiger partial charge in [-0.2, -0.15) is 0 Å². The molecule has 0 amide bonds. The Bertz CT molecular complexity index is 983. The lowest BCUT2D eigenvalue weighted by Crippen LogP contribution is -2.14. The van der Waals surface area contributed by atoms with E-state index < -0.39 is 10.0 Å². The number of nitrogens with zero attached hydrogens (tertiary/aromatic N) is 2. The van der Waals surface area contributed by atoms with Gasteiger partial charge in [0.25, 0.3) is 10.0 Å². The molecule has 3 aromatic rings. The first kappa shape index (κ1) is 16.4. The maximum atomic E-state index is 12.7. The normalized spacial score (nSPS) is 11.4. The number of aryl methyl sites for hydroxylation is 2. The monoisotopic (exact) mass is 360 g/mol. The summed E-state index contributed by atoms with van der Waals surface area (Å²) in [6, 6.07) is 8.62. The molecule has 0 aliphatic carbocycles. The molecule has 0 unspecified atom stereocenters. The van der Waals surface area contributed by atoms with E-state index in [1.54, 1.807) is 37.4 Å². The molecular formula is C16H16N4O2S2. The minimum atomic E-state index is -3.72. The zero-order chi connectivity index (χ0) is 17.3. The van der Waals surface area contributed by atoms with Gasteiger partial charge in [-0.15, -0.1) is 0 Å². The topological polar surface area (TPSA) is 98.0 Å². The number of sulfonamides is 1. The molecule has 3 N–H and O–H groups in total. The van der Waals surface area contributed by atoms with Gasteiger partial charge in [0.2, 0.25) is 0 Å². The average molecular weight is 360 g/mol. The molecule has 124 valence electrons. The summed E-state index contributed by atoms with van der Waals surface area (Å²) in [4.78, 5) is 9.19. The number of nitrogens with two attached hydrogens (primary N) is 1. The summed E-state index contributed by atoms with van der Waals surface area (Å²) in [6.45, 7) is 3.61. The third-order valence-corrected chi connectivity index (χ3v) is 6.03. The number of pyridine rings is 1. The molecule has 24 heavy (non-hydrogen) atoms. The van der Waals surface area contributed by atoms with Gasteiger partial charge < -0.3 is 5.73 Å². The Morgan fingerprint density at radius 3 is 2.62 bits per heavy atom. The van der Waals surface area contributed by atoms with E-state index in [-0.39, 0.29) is 4.90 Å². The Balaban J connectivity index is 2.04. The largest absolute Gasteiger partial charge is 0.375 e. The highest BCUT2D eigenvalue weighted by atomic mass is 32.2. The molecule has 0 saturated heterocycles. The van der Waals surface area contributed by atoms with E-state index in [4.69, 9.17) is 5.73 Å². The van der Waals surface area contributed by atoms with Crippen LogP contribution in [0.25, 0.3) is 10.4 Å². The van der Waals surface area contributed by atoms with Crippen molar-refractivity contribution in [1.29, 1.82) is 0 Å². The van der Waals surface area contributed by atoms with Gasteiger partial charge in [0, 0.05) is 6.20 Å². The van der Waals surface area contributed by atoms with E-state index in [2.05, 4.69) is 14.7 Å². The third-order valence-electron chi connectivity index (χ3n) is 3.47. The van der Waals surface area contributed by atoms with Crippen molar-refractivity contribution in [1.82, 2.24) is 9.97 Å². The fourth-order valence-electron chi connectivity index (χ4n) is 2.35. The van der Waals surface area contributed by atoms with Crippen molar-refractivity contribution in [3.05, 3.63) is 54.0 Å². The maximum absolute atomic E-state index is 12.7. The minimum absolute atomic E-state index is 0.218. The number of nitrogens with one attached hydrogen (secondary N) is 1. The summed E-state index contributed by atoms with van der Waals surface area (Å²) in [5.74, 6) is 0. The standard InChI is InChI=1S/C16H16N4O2S2/c1-10-5-6-12(15-11(2)19-16(17)23-15)8-14(10)24(21,22)20-13-4-3-7-18-9-13/h3-9,20H,1-2H3,(H2,17,19). The predicted octanol–water partition coefficient (Wildman–Crippen LogP) is 3.20. The second-order valence-electron chi connectivity index (χ2n) is 5.29. The second-order valence-corrected chi connectivity index (χ2v) is 7.98. The van der Waals surface area contributed by atoms with E-state index in [1.165, 1.54) is 17.5 Å². The summed E-state index contributed by atoms with van der Waals surface area (Å²) in [6.07, 6.45) is 3.05. The number of aromatic nitrogens is 2. The first-order valence-corrected chi connectivity index (χ1v) is 9.43. The zero-order valence-corrected chi connectivity index (χ0v) is 14.8. The van der Waals surface area contributed by atoms with E-state index in [0.717, 1.165) is 16.1 Å². The number of thiazole rings is 1. The Kier molecular flexibility index (Phi) is 4.25. The third kappa shape index (κ3) is 3.24. The molecular weight excluding hydrogens is 344 g/mol. The van der Waals surface area contributed by atoms with Gasteiger partial charge in [0.1, 0.15) is 0 Å². The molecule has 2 heterocycles. The van der Waals surface area contributed by atoms with Crippen LogP contribution >= 0.6 is 11.3 Å². The quantitative estimate of drug-likeness (QED) is 0.744. The van der Waals surface area contributed by atoms with Crippen molar-refractivity contribution in [3.63, 3.8) is 0 Å². The molecule has 2 aromatic heterocycles. The SMILES string of the molecule is Cc1ccc(-c2sc(N)nc2C)cc1S(=O)(=O)Nc1cccnc1. The van der Waals surface area contributed by atoms with Crippen LogP contribution in [0.5, 0.6) is 0 Å². The van der Waals surface area contributed by atoms with Crippen molar-refractivity contribution >= 4 is 32.2 Å². The van der Waals surface area contributed by atoms with E-state index >= 15 is 0 Å². The Labute approximate surface area is 144 Å². The van der Waals surface area contributed by atoms with Crippen LogP contribution in [-0.4, -0.2) is 18.4 Å². The van der Waals surface area contributed by atoms with Crippen LogP contribution in [-0.2, 0) is 10.0 Å². The summed E-state index contributed by atoms with van der Waals surface area (Å²) in [7, 11) is -3.72. The van der Waals surface area contributed by atoms with Crippen molar-refractivity contribution in [3.8, 4) is 10.4 Å². The van der Waals surface area contributed by atoms with Gasteiger partial charge in [0.15, 0.2) is 5.13 Å². The van der Waals surface area contributed by atoms with Gasteiger partial charge >= 0.3 is 0 Å². The molecule has 6 nitrogen and oxygen atoms in total. The van der Waals surface area contributed by atoms with E-state index in [9.17, 15) is 8.42 Å². The van der Waals surface area contributed by atoms with Gasteiger partial charge in [0.05, 0.1) is 27.4 Å². The summed E-state index contributed by atoms with van der Waals surface area (Å²) in [5.41, 5.74) is 8.38. The van der Waals surface area contributed by atoms with Crippen molar-refractivity contribution < 1.29 is 8.42 Å². The van der Waals surface area contributed by atoms with E-state index in [0.29, 0.717) is 16.4 Å². The van der Waals surface area contributed by atoms with Crippen molar-refractivity contribution in [2.45, 2.75) is 18.7 Å². The number of rotatable bonds is 4. The highest BCUT2D eigenvalue weighted by molar-refractivity contribution is 7.92. The predicted molar refractivity (Wildman–Crippen MR) is 96.5 cm³/mol. The molecule has 0 saturated carbocycles. The summed E-state index contributed by atoms with van der Waals surface area (Å²) < 4.78 is 28.0. The highest BCUT2D eigenvalue weighted by Crippen LogP contribution is 2.33. The maximum Gasteiger partial charge on any atom is 0.262 e. The van der Waals surface area contributed by atoms with Crippen LogP contribution in [0.2, 0.25) is 0 Å². The van der Waals surface area contributed by atoms with Crippen molar-refractivity contribution in [2.24, 2.45) is 0 Å². The van der Waals surface area contributed by atoms with Gasteiger partial charge in [-0.1, -0.05) is 23.5 Å². The first-order chi connectivity index (χ1) is 11.4. The number of nitrogen functional groups attached to an aromatic ring is 1. The van der Waals surface area contributed by atoms with Crippen LogP contribution in [0.1, 0.15) is 11.3 Å². The molecule has 0 radical (unpaired) electrons. The lowest BCUT2D eigenvalue weighted by atomic mass is 10.1. The zero-order valence-electron chi connectivity index (χ0n) is 13.1. The van der Waals surface area contributed by atoms with E-state index in [1.807, 2.05) is 13.0 Å². The van der Waals surface area contributed by atoms with Gasteiger partial charge in [-0.3, -0.25) is 9.71 Å². The molecule has 8 heteroatoms. The molecule has 0 bridgehead atoms. The van der Waals surface area contributed by atoms with Crippen molar-refractivity contribution in [2.75, 3.05) is 10.5 Å². The lowest BCUT2D eigenvalue weighted by molar-refractivity contribution is 0.600. The smallest absolute Gasteiger partial charge is 0.262 e. The molecule has 0 fully saturated rings. The van der Waals surface area contributed by atoms with Crippen LogP contribution < -0.4 is 10.5 Å². The first-order valence-electron chi connectivity index (χ1n) is 7.13. The lowest BCUT2D eigenvalue weighted by Gasteiger charge is -2.11. The minimum Gasteiger partial charge on any atom is -0.375 e. The van der Waals surface area contributed by atoms with Gasteiger partial charge in [-0.05, 0) is 43.2 Å². The second kappa shape index (κ2) is 6.21. The number of anilines is 2. The van der Waals surface area contributed by atoms with Crippen LogP contribution in [0.4, 0.5) is 10.8 Å². The molecule has 0 aliphatic rings. The van der Waals surface area contributed by atoms with Crippen LogP contribution in [0.3, 0.4) is 0 Å². The Morgan fingerprint density at radius 1 is 1.21 bits per heavy atom. The fraction of sp³-hybridized carbons (Fsp3) is 0.125. The molecule has 0 atom stereocenters. The average Bonchev–Trinajstić information content (AvgIpc) is 2.87. The Morgan fingerprint density at radius 2 is 2.00 bits per heavy atom. The number of hydrogen-bond donors (Lipinski definition) is 2. The van der Waals surface area contributed by atoms with Crippen LogP contribution in [0, 0.1) is 13.8 Å². The van der Waals surface area contributed by atoms with Gasteiger partial charge in [-0.25, -0.2) is 13.4 Å². The fourth-order valence-corrected chi connectivity index (χ4v) is 4.49. The number of hydrogen-bond acceptors (Lipinski definition) is 6. The highest BCUT2D eigenvalue weighted by Gasteiger charge is 2.19. The molecule has 1 aromatic carbocycles. The molecule has 0 spiro atoms. The molecule has 0 aliphatic heterocycles. The number of benzene rings is 1. The summed E-state index contributed by atoms with van der Waals surface area (Å²) in [5, 5.41) is 0.459. The molecule has 3 rings (SSSR count). The Hall–Kier alpha value is -2.45. The van der Waals surface area contributed by atoms with Crippen LogP contribution in [0.15, 0.2) is 47.6 Å². The summed E-state index contributed by atoms with van der Waals surface area (Å²) >= 11 is 1.34.